The highest BCUT2D eigenvalue weighted by molar-refractivity contribution is 5.59. The molecule has 0 amide bonds. The number of aliphatic hydroxyl groups excluding tert-OH is 1. The SMILES string of the molecule is OC1CN(c2ccccc2)N(c2ccccc2)C1. The van der Waals surface area contributed by atoms with Crippen LogP contribution in [-0.4, -0.2) is 24.3 Å². The van der Waals surface area contributed by atoms with Crippen molar-refractivity contribution >= 4 is 11.4 Å². The molecule has 0 aromatic heterocycles. The fourth-order valence-electron chi connectivity index (χ4n) is 2.34. The summed E-state index contributed by atoms with van der Waals surface area (Å²) in [5, 5.41) is 14.2. The van der Waals surface area contributed by atoms with E-state index in [1.165, 1.54) is 0 Å². The molecule has 1 aliphatic heterocycles. The van der Waals surface area contributed by atoms with E-state index < -0.39 is 0 Å². The largest absolute Gasteiger partial charge is 0.389 e. The van der Waals surface area contributed by atoms with Gasteiger partial charge in [-0.05, 0) is 24.3 Å². The van der Waals surface area contributed by atoms with Gasteiger partial charge in [-0.15, -0.1) is 0 Å². The van der Waals surface area contributed by atoms with Crippen molar-refractivity contribution in [3.63, 3.8) is 0 Å². The Balaban J connectivity index is 1.93. The van der Waals surface area contributed by atoms with Gasteiger partial charge in [0.15, 0.2) is 0 Å². The summed E-state index contributed by atoms with van der Waals surface area (Å²) in [5.41, 5.74) is 2.22. The molecule has 0 atom stereocenters. The number of hydrogen-bond acceptors (Lipinski definition) is 3. The van der Waals surface area contributed by atoms with E-state index >= 15 is 0 Å². The Morgan fingerprint density at radius 2 is 1.11 bits per heavy atom. The predicted molar refractivity (Wildman–Crippen MR) is 73.6 cm³/mol. The molecule has 1 saturated heterocycles. The second-order valence-electron chi connectivity index (χ2n) is 4.49. The van der Waals surface area contributed by atoms with Crippen molar-refractivity contribution in [1.82, 2.24) is 0 Å². The van der Waals surface area contributed by atoms with E-state index in [1.807, 2.05) is 36.4 Å². The molecule has 2 aromatic rings. The molecule has 3 heteroatoms. The molecule has 0 spiro atoms. The normalized spacial score (nSPS) is 16.3. The predicted octanol–water partition coefficient (Wildman–Crippen LogP) is 2.29. The lowest BCUT2D eigenvalue weighted by Gasteiger charge is -2.31. The van der Waals surface area contributed by atoms with Crippen LogP contribution in [0.1, 0.15) is 0 Å². The molecule has 92 valence electrons. The molecule has 1 fully saturated rings. The zero-order valence-electron chi connectivity index (χ0n) is 10.1. The van der Waals surface area contributed by atoms with Crippen LogP contribution >= 0.6 is 0 Å². The van der Waals surface area contributed by atoms with Gasteiger partial charge in [-0.25, -0.2) is 0 Å². The molecule has 0 saturated carbocycles. The monoisotopic (exact) mass is 240 g/mol. The summed E-state index contributed by atoms with van der Waals surface area (Å²) in [6.45, 7) is 1.28. The number of benzene rings is 2. The summed E-state index contributed by atoms with van der Waals surface area (Å²) in [5.74, 6) is 0. The van der Waals surface area contributed by atoms with Crippen LogP contribution < -0.4 is 10.0 Å². The Labute approximate surface area is 107 Å². The molecule has 0 unspecified atom stereocenters. The van der Waals surface area contributed by atoms with Crippen LogP contribution in [0.4, 0.5) is 11.4 Å². The van der Waals surface area contributed by atoms with Crippen molar-refractivity contribution in [1.29, 1.82) is 0 Å². The average molecular weight is 240 g/mol. The maximum absolute atomic E-state index is 9.91. The summed E-state index contributed by atoms with van der Waals surface area (Å²) in [4.78, 5) is 0. The van der Waals surface area contributed by atoms with Gasteiger partial charge < -0.3 is 5.11 Å². The molecular weight excluding hydrogens is 224 g/mol. The molecule has 0 bridgehead atoms. The van der Waals surface area contributed by atoms with Gasteiger partial charge >= 0.3 is 0 Å². The molecule has 0 aliphatic carbocycles. The van der Waals surface area contributed by atoms with Gasteiger partial charge in [0.2, 0.25) is 0 Å². The Morgan fingerprint density at radius 1 is 0.722 bits per heavy atom. The van der Waals surface area contributed by atoms with E-state index in [-0.39, 0.29) is 6.10 Å². The van der Waals surface area contributed by atoms with Gasteiger partial charge in [-0.1, -0.05) is 36.4 Å². The van der Waals surface area contributed by atoms with Crippen molar-refractivity contribution < 1.29 is 5.11 Å². The minimum Gasteiger partial charge on any atom is -0.389 e. The standard InChI is InChI=1S/C15H16N2O/c18-15-11-16(13-7-3-1-4-8-13)17(12-15)14-9-5-2-6-10-14/h1-10,15,18H,11-12H2. The van der Waals surface area contributed by atoms with Crippen LogP contribution in [0.2, 0.25) is 0 Å². The molecule has 3 nitrogen and oxygen atoms in total. The van der Waals surface area contributed by atoms with E-state index in [2.05, 4.69) is 34.3 Å². The number of nitrogens with zero attached hydrogens (tertiary/aromatic N) is 2. The summed E-state index contributed by atoms with van der Waals surface area (Å²) in [6, 6.07) is 20.3. The number of hydrogen-bond donors (Lipinski definition) is 1. The van der Waals surface area contributed by atoms with E-state index in [1.54, 1.807) is 0 Å². The zero-order chi connectivity index (χ0) is 12.4. The first kappa shape index (κ1) is 11.1. The summed E-state index contributed by atoms with van der Waals surface area (Å²) in [6.07, 6.45) is -0.314. The highest BCUT2D eigenvalue weighted by Crippen LogP contribution is 2.26. The first-order valence-corrected chi connectivity index (χ1v) is 6.18. The van der Waals surface area contributed by atoms with Crippen LogP contribution in [0.5, 0.6) is 0 Å². The first-order chi connectivity index (χ1) is 8.84. The Hall–Kier alpha value is -2.00. The van der Waals surface area contributed by atoms with Crippen molar-refractivity contribution in [2.45, 2.75) is 6.10 Å². The minimum atomic E-state index is -0.314. The lowest BCUT2D eigenvalue weighted by Crippen LogP contribution is -2.36. The lowest BCUT2D eigenvalue weighted by molar-refractivity contribution is 0.211. The van der Waals surface area contributed by atoms with Gasteiger partial charge in [0.05, 0.1) is 30.6 Å². The molecule has 18 heavy (non-hydrogen) atoms. The van der Waals surface area contributed by atoms with Crippen molar-refractivity contribution in [2.24, 2.45) is 0 Å². The van der Waals surface area contributed by atoms with Gasteiger partial charge in [-0.3, -0.25) is 10.0 Å². The Kier molecular flexibility index (Phi) is 2.90. The van der Waals surface area contributed by atoms with E-state index in [0.717, 1.165) is 11.4 Å². The van der Waals surface area contributed by atoms with Crippen molar-refractivity contribution in [3.8, 4) is 0 Å². The van der Waals surface area contributed by atoms with E-state index in [0.29, 0.717) is 13.1 Å². The van der Waals surface area contributed by atoms with Crippen LogP contribution in [0.3, 0.4) is 0 Å². The van der Waals surface area contributed by atoms with E-state index in [9.17, 15) is 5.11 Å². The van der Waals surface area contributed by atoms with Crippen LogP contribution in [-0.2, 0) is 0 Å². The third-order valence-corrected chi connectivity index (χ3v) is 3.17. The number of aliphatic hydroxyl groups is 1. The number of hydrazine groups is 1. The Bertz CT molecular complexity index is 453. The average Bonchev–Trinajstić information content (AvgIpc) is 2.83. The number of anilines is 2. The maximum atomic E-state index is 9.91. The number of rotatable bonds is 2. The highest BCUT2D eigenvalue weighted by atomic mass is 16.3. The smallest absolute Gasteiger partial charge is 0.0930 e. The molecule has 1 aliphatic rings. The van der Waals surface area contributed by atoms with Gasteiger partial charge in [-0.2, -0.15) is 0 Å². The zero-order valence-corrected chi connectivity index (χ0v) is 10.1. The third-order valence-electron chi connectivity index (χ3n) is 3.17. The molecular formula is C15H16N2O. The second kappa shape index (κ2) is 4.70. The van der Waals surface area contributed by atoms with Crippen LogP contribution in [0.25, 0.3) is 0 Å². The molecule has 2 aromatic carbocycles. The number of β-amino-alcohol motifs (C(OH)–C–C–N with tert-alkyl or cyclic N) is 1. The van der Waals surface area contributed by atoms with Gasteiger partial charge in [0.25, 0.3) is 0 Å². The summed E-state index contributed by atoms with van der Waals surface area (Å²) >= 11 is 0. The topological polar surface area (TPSA) is 26.7 Å². The second-order valence-corrected chi connectivity index (χ2v) is 4.49. The molecule has 3 rings (SSSR count). The van der Waals surface area contributed by atoms with Gasteiger partial charge in [0, 0.05) is 0 Å². The maximum Gasteiger partial charge on any atom is 0.0930 e. The third kappa shape index (κ3) is 2.05. The quantitative estimate of drug-likeness (QED) is 0.872. The fourth-order valence-corrected chi connectivity index (χ4v) is 2.34. The van der Waals surface area contributed by atoms with Crippen molar-refractivity contribution in [3.05, 3.63) is 60.7 Å². The number of para-hydroxylation sites is 2. The molecule has 0 radical (unpaired) electrons. The minimum absolute atomic E-state index is 0.314. The van der Waals surface area contributed by atoms with Crippen LogP contribution in [0, 0.1) is 0 Å². The molecule has 1 heterocycles. The highest BCUT2D eigenvalue weighted by Gasteiger charge is 2.28. The fraction of sp³-hybridized carbons (Fsp3) is 0.200. The van der Waals surface area contributed by atoms with E-state index in [4.69, 9.17) is 0 Å². The van der Waals surface area contributed by atoms with Crippen LogP contribution in [0.15, 0.2) is 60.7 Å². The lowest BCUT2D eigenvalue weighted by atomic mass is 10.3. The first-order valence-electron chi connectivity index (χ1n) is 6.18. The van der Waals surface area contributed by atoms with Gasteiger partial charge in [0.1, 0.15) is 0 Å². The summed E-state index contributed by atoms with van der Waals surface area (Å²) in [7, 11) is 0. The van der Waals surface area contributed by atoms with Crippen molar-refractivity contribution in [2.75, 3.05) is 23.1 Å². The summed E-state index contributed by atoms with van der Waals surface area (Å²) < 4.78 is 0. The molecule has 1 N–H and O–H groups in total. The Morgan fingerprint density at radius 3 is 1.50 bits per heavy atom.